The van der Waals surface area contributed by atoms with Crippen molar-refractivity contribution in [3.8, 4) is 23.0 Å². The van der Waals surface area contributed by atoms with E-state index in [1.165, 1.54) is 6.07 Å². The number of alkyl halides is 3. The van der Waals surface area contributed by atoms with Gasteiger partial charge in [-0.1, -0.05) is 34.8 Å². The van der Waals surface area contributed by atoms with Gasteiger partial charge in [0.15, 0.2) is 0 Å². The maximum absolute atomic E-state index is 12.6. The summed E-state index contributed by atoms with van der Waals surface area (Å²) >= 11 is 17.6. The van der Waals surface area contributed by atoms with E-state index in [-0.39, 0.29) is 22.5 Å². The summed E-state index contributed by atoms with van der Waals surface area (Å²) in [5.74, 6) is -0.0175. The molecule has 2 aromatic heterocycles. The minimum Gasteiger partial charge on any atom is -0.415 e. The smallest absolute Gasteiger partial charge is 0.415 e. The molecule has 0 radical (unpaired) electrons. The first-order chi connectivity index (χ1) is 11.3. The number of pyridine rings is 1. The molecule has 0 atom stereocenters. The molecule has 2 heterocycles. The summed E-state index contributed by atoms with van der Waals surface area (Å²) in [4.78, 5) is 3.66. The number of benzene rings is 1. The quantitative estimate of drug-likeness (QED) is 0.553. The van der Waals surface area contributed by atoms with Crippen molar-refractivity contribution in [1.82, 2.24) is 15.2 Å². The van der Waals surface area contributed by atoms with Gasteiger partial charge in [0.05, 0.1) is 20.6 Å². The Balaban J connectivity index is 1.97. The van der Waals surface area contributed by atoms with E-state index in [0.717, 1.165) is 6.07 Å². The third-order valence-corrected chi connectivity index (χ3v) is 3.99. The third kappa shape index (κ3) is 3.33. The molecule has 24 heavy (non-hydrogen) atoms. The fourth-order valence-electron chi connectivity index (χ4n) is 1.82. The minimum atomic E-state index is -4.55. The SMILES string of the molecule is FC(F)(F)c1cnc(-c2nnc(-c3ccc(Cl)c(Cl)c3)o2)c(Cl)c1. The summed E-state index contributed by atoms with van der Waals surface area (Å²) in [5, 5.41) is 7.94. The Labute approximate surface area is 148 Å². The van der Waals surface area contributed by atoms with Crippen LogP contribution in [-0.4, -0.2) is 15.2 Å². The van der Waals surface area contributed by atoms with Crippen molar-refractivity contribution >= 4 is 34.8 Å². The van der Waals surface area contributed by atoms with Crippen LogP contribution in [0.25, 0.3) is 23.0 Å². The van der Waals surface area contributed by atoms with Gasteiger partial charge in [0.2, 0.25) is 5.89 Å². The van der Waals surface area contributed by atoms with Crippen LogP contribution in [0.15, 0.2) is 34.9 Å². The lowest BCUT2D eigenvalue weighted by Gasteiger charge is -2.07. The number of halogens is 6. The van der Waals surface area contributed by atoms with E-state index >= 15 is 0 Å². The fraction of sp³-hybridized carbons (Fsp3) is 0.0714. The Morgan fingerprint density at radius 2 is 1.58 bits per heavy atom. The van der Waals surface area contributed by atoms with Gasteiger partial charge in [-0.25, -0.2) is 4.98 Å². The molecular weight excluding hydrogens is 390 g/mol. The van der Waals surface area contributed by atoms with E-state index in [9.17, 15) is 13.2 Å². The molecule has 124 valence electrons. The molecule has 0 spiro atoms. The van der Waals surface area contributed by atoms with Crippen LogP contribution in [0.4, 0.5) is 13.2 Å². The van der Waals surface area contributed by atoms with Crippen molar-refractivity contribution in [2.45, 2.75) is 6.18 Å². The van der Waals surface area contributed by atoms with Gasteiger partial charge in [-0.2, -0.15) is 13.2 Å². The molecule has 0 saturated carbocycles. The molecular formula is C14H5Cl3F3N3O. The topological polar surface area (TPSA) is 51.8 Å². The van der Waals surface area contributed by atoms with E-state index < -0.39 is 11.7 Å². The maximum atomic E-state index is 12.6. The van der Waals surface area contributed by atoms with Gasteiger partial charge in [0.25, 0.3) is 5.89 Å². The summed E-state index contributed by atoms with van der Waals surface area (Å²) in [6.45, 7) is 0. The zero-order chi connectivity index (χ0) is 17.5. The van der Waals surface area contributed by atoms with E-state index in [1.807, 2.05) is 0 Å². The predicted octanol–water partition coefficient (Wildman–Crippen LogP) is 5.78. The second-order valence-corrected chi connectivity index (χ2v) is 5.82. The van der Waals surface area contributed by atoms with Crippen LogP contribution in [0.2, 0.25) is 15.1 Å². The van der Waals surface area contributed by atoms with Gasteiger partial charge in [-0.15, -0.1) is 10.2 Å². The Kier molecular flexibility index (Phi) is 4.42. The van der Waals surface area contributed by atoms with E-state index in [4.69, 9.17) is 39.2 Å². The predicted molar refractivity (Wildman–Crippen MR) is 83.0 cm³/mol. The van der Waals surface area contributed by atoms with Crippen LogP contribution in [-0.2, 0) is 6.18 Å². The van der Waals surface area contributed by atoms with Crippen molar-refractivity contribution in [3.63, 3.8) is 0 Å². The summed E-state index contributed by atoms with van der Waals surface area (Å²) in [6.07, 6.45) is -3.90. The highest BCUT2D eigenvalue weighted by Gasteiger charge is 2.32. The van der Waals surface area contributed by atoms with Crippen LogP contribution in [0.3, 0.4) is 0 Å². The molecule has 3 aromatic rings. The number of hydrogen-bond donors (Lipinski definition) is 0. The lowest BCUT2D eigenvalue weighted by molar-refractivity contribution is -0.137. The van der Waals surface area contributed by atoms with E-state index in [0.29, 0.717) is 21.8 Å². The van der Waals surface area contributed by atoms with Gasteiger partial charge in [-0.05, 0) is 24.3 Å². The van der Waals surface area contributed by atoms with Crippen LogP contribution in [0.1, 0.15) is 5.56 Å². The Bertz CT molecular complexity index is 912. The lowest BCUT2D eigenvalue weighted by atomic mass is 10.2. The molecule has 0 aliphatic heterocycles. The van der Waals surface area contributed by atoms with Gasteiger partial charge in [0.1, 0.15) is 5.69 Å². The molecule has 0 saturated heterocycles. The molecule has 0 unspecified atom stereocenters. The van der Waals surface area contributed by atoms with Gasteiger partial charge >= 0.3 is 6.18 Å². The number of aromatic nitrogens is 3. The molecule has 0 aliphatic rings. The van der Waals surface area contributed by atoms with Crippen molar-refractivity contribution in [2.75, 3.05) is 0 Å². The number of rotatable bonds is 2. The van der Waals surface area contributed by atoms with Crippen molar-refractivity contribution in [3.05, 3.63) is 51.1 Å². The Hall–Kier alpha value is -1.83. The molecule has 0 amide bonds. The molecule has 0 fully saturated rings. The molecule has 0 bridgehead atoms. The standard InChI is InChI=1S/C14H5Cl3F3N3O/c15-8-2-1-6(3-9(8)16)12-22-23-13(24-12)11-10(17)4-7(5-21-11)14(18,19)20/h1-5H. The highest BCUT2D eigenvalue weighted by molar-refractivity contribution is 6.42. The van der Waals surface area contributed by atoms with Gasteiger partial charge in [0, 0.05) is 11.8 Å². The van der Waals surface area contributed by atoms with Gasteiger partial charge in [-0.3, -0.25) is 0 Å². The average Bonchev–Trinajstić information content (AvgIpc) is 2.98. The second kappa shape index (κ2) is 6.23. The summed E-state index contributed by atoms with van der Waals surface area (Å²) in [6, 6.07) is 5.41. The lowest BCUT2D eigenvalue weighted by Crippen LogP contribution is -2.05. The first kappa shape index (κ1) is 17.0. The fourth-order valence-corrected chi connectivity index (χ4v) is 2.36. The zero-order valence-corrected chi connectivity index (χ0v) is 13.7. The van der Waals surface area contributed by atoms with Crippen LogP contribution in [0, 0.1) is 0 Å². The molecule has 10 heteroatoms. The largest absolute Gasteiger partial charge is 0.417 e. The number of hydrogen-bond acceptors (Lipinski definition) is 4. The molecule has 4 nitrogen and oxygen atoms in total. The van der Waals surface area contributed by atoms with Gasteiger partial charge < -0.3 is 4.42 Å². The summed E-state index contributed by atoms with van der Waals surface area (Å²) < 4.78 is 43.3. The normalized spacial score (nSPS) is 11.8. The third-order valence-electron chi connectivity index (χ3n) is 2.96. The van der Waals surface area contributed by atoms with Crippen LogP contribution >= 0.6 is 34.8 Å². The summed E-state index contributed by atoms with van der Waals surface area (Å²) in [7, 11) is 0. The first-order valence-corrected chi connectivity index (χ1v) is 7.41. The van der Waals surface area contributed by atoms with Crippen LogP contribution < -0.4 is 0 Å². The second-order valence-electron chi connectivity index (χ2n) is 4.59. The molecule has 1 aromatic carbocycles. The zero-order valence-electron chi connectivity index (χ0n) is 11.4. The summed E-state index contributed by atoms with van der Waals surface area (Å²) in [5.41, 5.74) is -0.532. The average molecular weight is 395 g/mol. The first-order valence-electron chi connectivity index (χ1n) is 6.28. The Morgan fingerprint density at radius 1 is 0.875 bits per heavy atom. The highest BCUT2D eigenvalue weighted by Crippen LogP contribution is 2.35. The molecule has 0 aliphatic carbocycles. The van der Waals surface area contributed by atoms with Crippen molar-refractivity contribution < 1.29 is 17.6 Å². The van der Waals surface area contributed by atoms with Crippen molar-refractivity contribution in [2.24, 2.45) is 0 Å². The maximum Gasteiger partial charge on any atom is 0.417 e. The Morgan fingerprint density at radius 3 is 2.21 bits per heavy atom. The minimum absolute atomic E-state index is 0.0523. The van der Waals surface area contributed by atoms with Crippen LogP contribution in [0.5, 0.6) is 0 Å². The molecule has 3 rings (SSSR count). The van der Waals surface area contributed by atoms with E-state index in [2.05, 4.69) is 15.2 Å². The molecule has 0 N–H and O–H groups in total. The van der Waals surface area contributed by atoms with Crippen molar-refractivity contribution in [1.29, 1.82) is 0 Å². The highest BCUT2D eigenvalue weighted by atomic mass is 35.5. The van der Waals surface area contributed by atoms with E-state index in [1.54, 1.807) is 12.1 Å². The number of nitrogens with zero attached hydrogens (tertiary/aromatic N) is 3. The monoisotopic (exact) mass is 393 g/mol.